The van der Waals surface area contributed by atoms with Crippen LogP contribution < -0.4 is 0 Å². The minimum Gasteiger partial charge on any atom is -0.305 e. The van der Waals surface area contributed by atoms with Gasteiger partial charge in [-0.2, -0.15) is 0 Å². The van der Waals surface area contributed by atoms with Crippen molar-refractivity contribution < 1.29 is 13.6 Å². The predicted molar refractivity (Wildman–Crippen MR) is 65.3 cm³/mol. The fourth-order valence-electron chi connectivity index (χ4n) is 1.29. The molecule has 0 fully saturated rings. The van der Waals surface area contributed by atoms with Gasteiger partial charge in [0.05, 0.1) is 18.5 Å². The summed E-state index contributed by atoms with van der Waals surface area (Å²) in [6.45, 7) is 4.27. The zero-order valence-electron chi connectivity index (χ0n) is 8.93. The lowest BCUT2D eigenvalue weighted by Gasteiger charge is -2.21. The fraction of sp³-hybridized carbons (Fsp3) is 0.500. The van der Waals surface area contributed by atoms with Crippen molar-refractivity contribution in [1.82, 2.24) is 0 Å². The largest absolute Gasteiger partial charge is 0.362 e. The molecule has 0 aromatic carbocycles. The van der Waals surface area contributed by atoms with Crippen molar-refractivity contribution in [3.8, 4) is 0 Å². The molecule has 0 aliphatic heterocycles. The summed E-state index contributed by atoms with van der Waals surface area (Å²) >= 11 is 5.15. The van der Waals surface area contributed by atoms with Gasteiger partial charge in [0.2, 0.25) is 0 Å². The van der Waals surface area contributed by atoms with Gasteiger partial charge >= 0.3 is 7.60 Å². The molecule has 3 nitrogen and oxygen atoms in total. The molecule has 0 atom stereocenters. The van der Waals surface area contributed by atoms with Crippen molar-refractivity contribution >= 4 is 24.7 Å². The van der Waals surface area contributed by atoms with Gasteiger partial charge in [0.25, 0.3) is 0 Å². The van der Waals surface area contributed by atoms with Crippen LogP contribution in [0.3, 0.4) is 0 Å². The lowest BCUT2D eigenvalue weighted by atomic mass is 10.2. The van der Waals surface area contributed by atoms with E-state index >= 15 is 0 Å². The summed E-state index contributed by atoms with van der Waals surface area (Å²) < 4.78 is 22.8. The maximum atomic E-state index is 12.3. The van der Waals surface area contributed by atoms with E-state index in [0.29, 0.717) is 29.8 Å². The second-order valence-corrected chi connectivity index (χ2v) is 5.43. The van der Waals surface area contributed by atoms with Crippen molar-refractivity contribution in [2.75, 3.05) is 13.2 Å². The van der Waals surface area contributed by atoms with E-state index in [9.17, 15) is 4.57 Å². The van der Waals surface area contributed by atoms with Crippen molar-refractivity contribution in [3.63, 3.8) is 0 Å². The number of hydrogen-bond donors (Lipinski definition) is 0. The van der Waals surface area contributed by atoms with E-state index in [0.717, 1.165) is 0 Å². The highest BCUT2D eigenvalue weighted by Crippen LogP contribution is 2.57. The minimum atomic E-state index is -3.18. The SMILES string of the molecule is CCOP(=O)(OCC)C1=CC=CCC1=S. The smallest absolute Gasteiger partial charge is 0.305 e. The van der Waals surface area contributed by atoms with E-state index in [1.807, 2.05) is 12.2 Å². The molecule has 0 saturated heterocycles. The molecular weight excluding hydrogens is 231 g/mol. The molecule has 0 radical (unpaired) electrons. The van der Waals surface area contributed by atoms with Gasteiger partial charge in [-0.05, 0) is 19.9 Å². The highest BCUT2D eigenvalue weighted by molar-refractivity contribution is 7.82. The van der Waals surface area contributed by atoms with Gasteiger partial charge in [-0.15, -0.1) is 0 Å². The average molecular weight is 246 g/mol. The lowest BCUT2D eigenvalue weighted by Crippen LogP contribution is -2.07. The van der Waals surface area contributed by atoms with Crippen LogP contribution in [0.4, 0.5) is 0 Å². The Labute approximate surface area is 95.7 Å². The highest BCUT2D eigenvalue weighted by atomic mass is 32.1. The molecule has 5 heteroatoms. The lowest BCUT2D eigenvalue weighted by molar-refractivity contribution is 0.227. The van der Waals surface area contributed by atoms with Crippen LogP contribution in [0.1, 0.15) is 20.3 Å². The quantitative estimate of drug-likeness (QED) is 0.549. The molecule has 0 saturated carbocycles. The van der Waals surface area contributed by atoms with Crippen LogP contribution in [0.25, 0.3) is 0 Å². The normalized spacial score (nSPS) is 16.7. The van der Waals surface area contributed by atoms with Crippen molar-refractivity contribution in [1.29, 1.82) is 0 Å². The standard InChI is InChI=1S/C10H15O3PS/c1-3-12-14(11,13-4-2)9-7-5-6-8-10(9)15/h5-7H,3-4,8H2,1-2H3. The summed E-state index contributed by atoms with van der Waals surface area (Å²) in [6.07, 6.45) is 6.10. The van der Waals surface area contributed by atoms with Crippen molar-refractivity contribution in [2.24, 2.45) is 0 Å². The van der Waals surface area contributed by atoms with Gasteiger partial charge < -0.3 is 9.05 Å². The molecule has 1 aliphatic carbocycles. The van der Waals surface area contributed by atoms with Crippen LogP contribution in [0.15, 0.2) is 23.5 Å². The molecule has 0 bridgehead atoms. The van der Waals surface area contributed by atoms with E-state index in [4.69, 9.17) is 21.3 Å². The molecule has 0 heterocycles. The monoisotopic (exact) mass is 246 g/mol. The van der Waals surface area contributed by atoms with Gasteiger partial charge in [0, 0.05) is 11.3 Å². The third-order valence-electron chi connectivity index (χ3n) is 1.87. The van der Waals surface area contributed by atoms with Crippen molar-refractivity contribution in [2.45, 2.75) is 20.3 Å². The Bertz CT molecular complexity index is 337. The Balaban J connectivity index is 2.97. The Morgan fingerprint density at radius 2 is 2.00 bits per heavy atom. The topological polar surface area (TPSA) is 35.5 Å². The minimum absolute atomic E-state index is 0.348. The maximum Gasteiger partial charge on any atom is 0.362 e. The average Bonchev–Trinajstić information content (AvgIpc) is 2.19. The number of allylic oxidation sites excluding steroid dienone is 4. The Morgan fingerprint density at radius 1 is 1.40 bits per heavy atom. The number of thiocarbonyl (C=S) groups is 1. The number of hydrogen-bond acceptors (Lipinski definition) is 4. The molecule has 84 valence electrons. The first-order valence-electron chi connectivity index (χ1n) is 4.93. The second-order valence-electron chi connectivity index (χ2n) is 2.94. The zero-order valence-corrected chi connectivity index (χ0v) is 10.6. The number of rotatable bonds is 5. The molecule has 1 aliphatic rings. The van der Waals surface area contributed by atoms with Gasteiger partial charge in [0.1, 0.15) is 0 Å². The van der Waals surface area contributed by atoms with Crippen LogP contribution in [0, 0.1) is 0 Å². The summed E-state index contributed by atoms with van der Waals surface area (Å²) in [5.74, 6) is 0. The molecule has 1 rings (SSSR count). The molecular formula is C10H15O3PS. The van der Waals surface area contributed by atoms with E-state index in [2.05, 4.69) is 0 Å². The maximum absolute atomic E-state index is 12.3. The first kappa shape index (κ1) is 12.8. The zero-order chi connectivity index (χ0) is 11.3. The van der Waals surface area contributed by atoms with Crippen molar-refractivity contribution in [3.05, 3.63) is 23.5 Å². The molecule has 0 aromatic rings. The van der Waals surface area contributed by atoms with E-state index in [-0.39, 0.29) is 0 Å². The van der Waals surface area contributed by atoms with Gasteiger partial charge in [0.15, 0.2) is 0 Å². The third kappa shape index (κ3) is 3.08. The van der Waals surface area contributed by atoms with E-state index in [1.165, 1.54) is 0 Å². The summed E-state index contributed by atoms with van der Waals surface area (Å²) in [5.41, 5.74) is 0. The predicted octanol–water partition coefficient (Wildman–Crippen LogP) is 3.47. The van der Waals surface area contributed by atoms with E-state index in [1.54, 1.807) is 19.9 Å². The Kier molecular flexibility index (Phi) is 4.87. The first-order chi connectivity index (χ1) is 7.14. The van der Waals surface area contributed by atoms with Gasteiger partial charge in [-0.1, -0.05) is 24.4 Å². The fourth-order valence-corrected chi connectivity index (χ4v) is 3.49. The van der Waals surface area contributed by atoms with E-state index < -0.39 is 7.60 Å². The molecule has 0 amide bonds. The summed E-state index contributed by atoms with van der Waals surface area (Å²) in [6, 6.07) is 0. The van der Waals surface area contributed by atoms with Crippen LogP contribution in [0.5, 0.6) is 0 Å². The second kappa shape index (κ2) is 5.71. The Hall–Kier alpha value is -0.280. The molecule has 15 heavy (non-hydrogen) atoms. The van der Waals surface area contributed by atoms with Crippen LogP contribution in [0.2, 0.25) is 0 Å². The van der Waals surface area contributed by atoms with Crippen LogP contribution in [-0.2, 0) is 13.6 Å². The van der Waals surface area contributed by atoms with Gasteiger partial charge in [-0.3, -0.25) is 4.57 Å². The van der Waals surface area contributed by atoms with Crippen LogP contribution >= 0.6 is 19.8 Å². The summed E-state index contributed by atoms with van der Waals surface area (Å²) in [7, 11) is -3.18. The third-order valence-corrected chi connectivity index (χ3v) is 4.62. The molecule has 0 spiro atoms. The van der Waals surface area contributed by atoms with Crippen LogP contribution in [-0.4, -0.2) is 18.1 Å². The van der Waals surface area contributed by atoms with Gasteiger partial charge in [-0.25, -0.2) is 0 Å². The highest BCUT2D eigenvalue weighted by Gasteiger charge is 2.32. The first-order valence-corrected chi connectivity index (χ1v) is 6.89. The summed E-state index contributed by atoms with van der Waals surface area (Å²) in [4.78, 5) is 0.641. The molecule has 0 N–H and O–H groups in total. The molecule has 0 unspecified atom stereocenters. The summed E-state index contributed by atoms with van der Waals surface area (Å²) in [5, 5.41) is 0.531. The molecule has 0 aromatic heterocycles. The Morgan fingerprint density at radius 3 is 2.47 bits per heavy atom.